The van der Waals surface area contributed by atoms with Crippen LogP contribution in [-0.4, -0.2) is 30.2 Å². The summed E-state index contributed by atoms with van der Waals surface area (Å²) in [5.41, 5.74) is 6.01. The monoisotopic (exact) mass is 293 g/mol. The molecule has 0 aliphatic heterocycles. The third-order valence-electron chi connectivity index (χ3n) is 4.33. The maximum atomic E-state index is 12.5. The van der Waals surface area contributed by atoms with E-state index in [0.29, 0.717) is 18.8 Å². The molecule has 0 bridgehead atoms. The first-order valence-electron chi connectivity index (χ1n) is 7.24. The van der Waals surface area contributed by atoms with Crippen LogP contribution in [0.25, 0.3) is 0 Å². The first-order chi connectivity index (χ1) is 9.97. The van der Waals surface area contributed by atoms with E-state index in [-0.39, 0.29) is 17.5 Å². The van der Waals surface area contributed by atoms with Crippen molar-refractivity contribution in [3.8, 4) is 0 Å². The van der Waals surface area contributed by atoms with Crippen LogP contribution >= 0.6 is 0 Å². The largest absolute Gasteiger partial charge is 0.383 e. The number of rotatable bonds is 5. The maximum Gasteiger partial charge on any atom is 0.250 e. The number of nitrogens with two attached hydrogens (primary N) is 1. The molecule has 6 heteroatoms. The van der Waals surface area contributed by atoms with Crippen molar-refractivity contribution < 1.29 is 9.53 Å². The van der Waals surface area contributed by atoms with E-state index in [2.05, 4.69) is 5.32 Å². The zero-order valence-electron chi connectivity index (χ0n) is 12.6. The predicted molar refractivity (Wildman–Crippen MR) is 81.1 cm³/mol. The molecule has 3 N–H and O–H groups in total. The minimum atomic E-state index is -0.534. The van der Waals surface area contributed by atoms with Crippen molar-refractivity contribution in [2.45, 2.75) is 38.8 Å². The summed E-state index contributed by atoms with van der Waals surface area (Å²) in [7, 11) is 1.58. The summed E-state index contributed by atoms with van der Waals surface area (Å²) in [4.78, 5) is 24.2. The van der Waals surface area contributed by atoms with Crippen molar-refractivity contribution >= 4 is 11.6 Å². The lowest BCUT2D eigenvalue weighted by Gasteiger charge is -2.27. The maximum absolute atomic E-state index is 12.5. The van der Waals surface area contributed by atoms with E-state index in [1.165, 1.54) is 10.6 Å². The summed E-state index contributed by atoms with van der Waals surface area (Å²) < 4.78 is 6.49. The fourth-order valence-corrected chi connectivity index (χ4v) is 2.72. The average molecular weight is 293 g/mol. The summed E-state index contributed by atoms with van der Waals surface area (Å²) in [6.45, 7) is 2.80. The number of anilines is 1. The molecule has 1 aromatic heterocycles. The van der Waals surface area contributed by atoms with Gasteiger partial charge in [-0.05, 0) is 25.8 Å². The number of carbonyl (C=O) groups excluding carboxylic acids is 1. The third kappa shape index (κ3) is 3.33. The van der Waals surface area contributed by atoms with Gasteiger partial charge in [-0.2, -0.15) is 0 Å². The summed E-state index contributed by atoms with van der Waals surface area (Å²) in [5, 5.41) is 2.88. The molecule has 6 nitrogen and oxygen atoms in total. The molecule has 21 heavy (non-hydrogen) atoms. The summed E-state index contributed by atoms with van der Waals surface area (Å²) >= 11 is 0. The van der Waals surface area contributed by atoms with Crippen LogP contribution in [0.2, 0.25) is 0 Å². The van der Waals surface area contributed by atoms with Crippen LogP contribution in [0.15, 0.2) is 23.1 Å². The molecular weight excluding hydrogens is 270 g/mol. The highest BCUT2D eigenvalue weighted by atomic mass is 16.5. The van der Waals surface area contributed by atoms with Gasteiger partial charge in [0, 0.05) is 32.0 Å². The Kier molecular flexibility index (Phi) is 4.80. The molecule has 1 aliphatic rings. The summed E-state index contributed by atoms with van der Waals surface area (Å²) in [6.07, 6.45) is 4.28. The quantitative estimate of drug-likeness (QED) is 0.846. The van der Waals surface area contributed by atoms with Gasteiger partial charge in [0.05, 0.1) is 17.7 Å². The molecule has 1 aliphatic carbocycles. The Labute approximate surface area is 124 Å². The van der Waals surface area contributed by atoms with Gasteiger partial charge in [-0.25, -0.2) is 0 Å². The average Bonchev–Trinajstić information content (AvgIpc) is 2.80. The van der Waals surface area contributed by atoms with E-state index in [1.54, 1.807) is 19.4 Å². The third-order valence-corrected chi connectivity index (χ3v) is 4.33. The van der Waals surface area contributed by atoms with Crippen molar-refractivity contribution in [3.63, 3.8) is 0 Å². The Balaban J connectivity index is 2.12. The van der Waals surface area contributed by atoms with Gasteiger partial charge in [-0.3, -0.25) is 9.59 Å². The van der Waals surface area contributed by atoms with Gasteiger partial charge in [0.15, 0.2) is 0 Å². The van der Waals surface area contributed by atoms with Gasteiger partial charge in [0.25, 0.3) is 5.56 Å². The fourth-order valence-electron chi connectivity index (χ4n) is 2.72. The number of aromatic nitrogens is 1. The number of ether oxygens (including phenoxy) is 1. The van der Waals surface area contributed by atoms with Crippen LogP contribution in [0.1, 0.15) is 26.2 Å². The zero-order chi connectivity index (χ0) is 15.5. The molecule has 0 radical (unpaired) electrons. The van der Waals surface area contributed by atoms with Crippen molar-refractivity contribution in [2.24, 2.45) is 11.1 Å². The van der Waals surface area contributed by atoms with Gasteiger partial charge < -0.3 is 20.4 Å². The molecule has 2 atom stereocenters. The van der Waals surface area contributed by atoms with Crippen LogP contribution in [0.5, 0.6) is 0 Å². The van der Waals surface area contributed by atoms with Gasteiger partial charge in [0.1, 0.15) is 0 Å². The van der Waals surface area contributed by atoms with Gasteiger partial charge in [-0.1, -0.05) is 6.42 Å². The molecule has 2 unspecified atom stereocenters. The molecule has 1 saturated carbocycles. The Morgan fingerprint density at radius 3 is 2.95 bits per heavy atom. The van der Waals surface area contributed by atoms with Crippen molar-refractivity contribution in [2.75, 3.05) is 19.0 Å². The molecule has 1 fully saturated rings. The number of hydrogen-bond donors (Lipinski definition) is 2. The van der Waals surface area contributed by atoms with Crippen molar-refractivity contribution in [3.05, 3.63) is 28.7 Å². The number of amides is 1. The number of methoxy groups -OCH3 is 1. The SMILES string of the molecule is COCCn1cc(NC(=O)C2(C)CCCC2N)ccc1=O. The fraction of sp³-hybridized carbons (Fsp3) is 0.600. The first kappa shape index (κ1) is 15.7. The van der Waals surface area contributed by atoms with Gasteiger partial charge in [-0.15, -0.1) is 0 Å². The lowest BCUT2D eigenvalue weighted by molar-refractivity contribution is -0.125. The van der Waals surface area contributed by atoms with Crippen molar-refractivity contribution in [1.29, 1.82) is 0 Å². The molecule has 1 aromatic rings. The Morgan fingerprint density at radius 2 is 2.33 bits per heavy atom. The minimum absolute atomic E-state index is 0.0792. The van der Waals surface area contributed by atoms with E-state index >= 15 is 0 Å². The summed E-state index contributed by atoms with van der Waals surface area (Å²) in [6, 6.07) is 2.95. The Morgan fingerprint density at radius 1 is 1.57 bits per heavy atom. The molecule has 2 rings (SSSR count). The van der Waals surface area contributed by atoms with Crippen molar-refractivity contribution in [1.82, 2.24) is 4.57 Å². The zero-order valence-corrected chi connectivity index (χ0v) is 12.6. The predicted octanol–water partition coefficient (Wildman–Crippen LogP) is 0.951. The van der Waals surface area contributed by atoms with Crippen LogP contribution < -0.4 is 16.6 Å². The van der Waals surface area contributed by atoms with E-state index in [4.69, 9.17) is 10.5 Å². The van der Waals surface area contributed by atoms with Crippen LogP contribution in [-0.2, 0) is 16.1 Å². The highest BCUT2D eigenvalue weighted by molar-refractivity contribution is 5.95. The van der Waals surface area contributed by atoms with Gasteiger partial charge >= 0.3 is 0 Å². The molecular formula is C15H23N3O3. The number of nitrogens with one attached hydrogen (secondary N) is 1. The van der Waals surface area contributed by atoms with Crippen LogP contribution in [0.3, 0.4) is 0 Å². The lowest BCUT2D eigenvalue weighted by atomic mass is 9.84. The number of nitrogens with zero attached hydrogens (tertiary/aromatic N) is 1. The normalized spacial score (nSPS) is 25.0. The number of pyridine rings is 1. The minimum Gasteiger partial charge on any atom is -0.383 e. The van der Waals surface area contributed by atoms with Gasteiger partial charge in [0.2, 0.25) is 5.91 Å². The van der Waals surface area contributed by atoms with E-state index in [0.717, 1.165) is 19.3 Å². The highest BCUT2D eigenvalue weighted by Crippen LogP contribution is 2.37. The van der Waals surface area contributed by atoms with E-state index < -0.39 is 5.41 Å². The Hall–Kier alpha value is -1.66. The number of carbonyl (C=O) groups is 1. The second kappa shape index (κ2) is 6.41. The smallest absolute Gasteiger partial charge is 0.250 e. The topological polar surface area (TPSA) is 86.3 Å². The molecule has 0 saturated heterocycles. The molecule has 1 heterocycles. The summed E-state index contributed by atoms with van der Waals surface area (Å²) in [5.74, 6) is -0.0792. The first-order valence-corrected chi connectivity index (χ1v) is 7.24. The standard InChI is InChI=1S/C15H23N3O3/c1-15(7-3-4-12(15)16)14(20)17-11-5-6-13(19)18(10-11)8-9-21-2/h5-6,10,12H,3-4,7-9,16H2,1-2H3,(H,17,20). The van der Waals surface area contributed by atoms with Crippen LogP contribution in [0.4, 0.5) is 5.69 Å². The molecule has 0 aromatic carbocycles. The van der Waals surface area contributed by atoms with E-state index in [1.807, 2.05) is 6.92 Å². The highest BCUT2D eigenvalue weighted by Gasteiger charge is 2.42. The number of hydrogen-bond acceptors (Lipinski definition) is 4. The Bertz CT molecular complexity index is 570. The second-order valence-electron chi connectivity index (χ2n) is 5.81. The molecule has 116 valence electrons. The van der Waals surface area contributed by atoms with Crippen LogP contribution in [0, 0.1) is 5.41 Å². The lowest BCUT2D eigenvalue weighted by Crippen LogP contribution is -2.44. The second-order valence-corrected chi connectivity index (χ2v) is 5.81. The molecule has 1 amide bonds. The molecule has 0 spiro atoms. The van der Waals surface area contributed by atoms with E-state index in [9.17, 15) is 9.59 Å².